The van der Waals surface area contributed by atoms with Crippen molar-refractivity contribution in [2.75, 3.05) is 18.9 Å². The topological polar surface area (TPSA) is 62.7 Å². The normalized spacial score (nSPS) is 24.5. The number of rotatable bonds is 5. The Bertz CT molecular complexity index is 1110. The van der Waals surface area contributed by atoms with Crippen LogP contribution >= 0.6 is 11.8 Å². The van der Waals surface area contributed by atoms with Crippen LogP contribution in [0.1, 0.15) is 34.8 Å². The number of carbonyl (C=O) groups excluding carboxylic acids is 1. The number of carbonyl (C=O) groups is 1. The first-order valence-electron chi connectivity index (χ1n) is 11.0. The largest absolute Gasteiger partial charge is 0.401 e. The molecule has 5 nitrogen and oxygen atoms in total. The molecule has 2 aromatic carbocycles. The molecule has 2 aromatic rings. The van der Waals surface area contributed by atoms with Crippen LogP contribution in [0.3, 0.4) is 0 Å². The number of benzene rings is 2. The van der Waals surface area contributed by atoms with Crippen LogP contribution in [-0.4, -0.2) is 42.3 Å². The minimum absolute atomic E-state index is 0.0118. The second-order valence-electron chi connectivity index (χ2n) is 8.67. The van der Waals surface area contributed by atoms with Crippen molar-refractivity contribution in [1.29, 1.82) is 0 Å². The third-order valence-corrected chi connectivity index (χ3v) is 7.14. The predicted molar refractivity (Wildman–Crippen MR) is 123 cm³/mol. The molecule has 2 N–H and O–H groups in total. The zero-order valence-electron chi connectivity index (χ0n) is 18.8. The number of halogens is 5. The van der Waals surface area contributed by atoms with Crippen molar-refractivity contribution >= 4 is 22.8 Å². The van der Waals surface area contributed by atoms with Crippen molar-refractivity contribution in [1.82, 2.24) is 10.6 Å². The maximum atomic E-state index is 15.2. The molecule has 1 fully saturated rings. The molecule has 3 atom stereocenters. The molecule has 0 spiro atoms. The van der Waals surface area contributed by atoms with Crippen molar-refractivity contribution in [2.45, 2.75) is 37.7 Å². The summed E-state index contributed by atoms with van der Waals surface area (Å²) in [6.45, 7) is 0.130. The Morgan fingerprint density at radius 2 is 1.94 bits per heavy atom. The fraction of sp³-hybridized carbons (Fsp3) is 0.417. The number of ether oxygens (including phenoxy) is 1. The fourth-order valence-electron chi connectivity index (χ4n) is 4.35. The van der Waals surface area contributed by atoms with E-state index in [9.17, 15) is 22.4 Å². The summed E-state index contributed by atoms with van der Waals surface area (Å²) in [6.07, 6.45) is -4.02. The Labute approximate surface area is 203 Å². The maximum absolute atomic E-state index is 15.2. The van der Waals surface area contributed by atoms with E-state index in [1.807, 2.05) is 6.92 Å². The summed E-state index contributed by atoms with van der Waals surface area (Å²) in [4.78, 5) is 17.4. The summed E-state index contributed by atoms with van der Waals surface area (Å²) in [6, 6.07) is 10.4. The van der Waals surface area contributed by atoms with Gasteiger partial charge in [0, 0.05) is 41.0 Å². The Balaban J connectivity index is 1.68. The van der Waals surface area contributed by atoms with Crippen LogP contribution in [-0.2, 0) is 16.8 Å². The lowest BCUT2D eigenvalue weighted by atomic mass is 9.74. The van der Waals surface area contributed by atoms with Crippen molar-refractivity contribution in [2.24, 2.45) is 10.9 Å². The van der Waals surface area contributed by atoms with Gasteiger partial charge in [0.05, 0.1) is 19.3 Å². The highest BCUT2D eigenvalue weighted by Gasteiger charge is 2.49. The first kappa shape index (κ1) is 25.6. The highest BCUT2D eigenvalue weighted by molar-refractivity contribution is 8.13. The number of hydrogen-bond donors (Lipinski definition) is 2. The van der Waals surface area contributed by atoms with Gasteiger partial charge in [0.15, 0.2) is 5.17 Å². The van der Waals surface area contributed by atoms with Gasteiger partial charge < -0.3 is 15.4 Å². The van der Waals surface area contributed by atoms with Gasteiger partial charge in [0.25, 0.3) is 5.91 Å². The van der Waals surface area contributed by atoms with Crippen LogP contribution < -0.4 is 10.6 Å². The number of amides is 1. The highest BCUT2D eigenvalue weighted by atomic mass is 32.2. The van der Waals surface area contributed by atoms with Crippen molar-refractivity contribution in [3.05, 3.63) is 70.8 Å². The first-order valence-corrected chi connectivity index (χ1v) is 12.0. The molecule has 35 heavy (non-hydrogen) atoms. The molecule has 0 unspecified atom stereocenters. The molecular weight excluding hydrogens is 489 g/mol. The molecule has 0 saturated carbocycles. The van der Waals surface area contributed by atoms with E-state index in [0.29, 0.717) is 23.8 Å². The van der Waals surface area contributed by atoms with Gasteiger partial charge in [-0.15, -0.1) is 0 Å². The third kappa shape index (κ3) is 5.84. The van der Waals surface area contributed by atoms with E-state index >= 15 is 4.39 Å². The number of amidine groups is 1. The molecule has 0 bridgehead atoms. The van der Waals surface area contributed by atoms with Crippen molar-refractivity contribution < 1.29 is 31.5 Å². The van der Waals surface area contributed by atoms with Crippen LogP contribution in [0.25, 0.3) is 0 Å². The van der Waals surface area contributed by atoms with Gasteiger partial charge in [0.2, 0.25) is 0 Å². The van der Waals surface area contributed by atoms with E-state index in [-0.39, 0.29) is 40.8 Å². The summed E-state index contributed by atoms with van der Waals surface area (Å²) in [5, 5.41) is 5.17. The van der Waals surface area contributed by atoms with Crippen molar-refractivity contribution in [3.8, 4) is 0 Å². The number of alkyl halides is 3. The smallest absolute Gasteiger partial charge is 0.376 e. The quantitative estimate of drug-likeness (QED) is 0.566. The number of fused-ring (bicyclic) bond motifs is 1. The average molecular weight is 514 g/mol. The second-order valence-corrected chi connectivity index (χ2v) is 9.68. The number of thioether (sulfide) groups is 1. The summed E-state index contributed by atoms with van der Waals surface area (Å²) in [5.74, 6) is -1.89. The SMILES string of the molecule is C[C@H]1C[C@H]2CSC(NC(=O)c3ccccc3)=N[C@@]2(c2cc(CNCC(F)(F)F)c(F)cc2F)CO1. The van der Waals surface area contributed by atoms with Crippen LogP contribution in [0.4, 0.5) is 22.0 Å². The van der Waals surface area contributed by atoms with E-state index in [4.69, 9.17) is 9.73 Å². The van der Waals surface area contributed by atoms with Gasteiger partial charge in [-0.2, -0.15) is 13.2 Å². The molecule has 2 aliphatic rings. The van der Waals surface area contributed by atoms with E-state index in [1.54, 1.807) is 30.3 Å². The van der Waals surface area contributed by atoms with E-state index in [1.165, 1.54) is 17.8 Å². The molecule has 2 aliphatic heterocycles. The highest BCUT2D eigenvalue weighted by Crippen LogP contribution is 2.47. The van der Waals surface area contributed by atoms with Crippen LogP contribution in [0.5, 0.6) is 0 Å². The van der Waals surface area contributed by atoms with E-state index in [0.717, 1.165) is 0 Å². The number of hydrogen-bond acceptors (Lipinski definition) is 5. The van der Waals surface area contributed by atoms with Gasteiger partial charge in [-0.05, 0) is 31.5 Å². The lowest BCUT2D eigenvalue weighted by Gasteiger charge is -2.46. The van der Waals surface area contributed by atoms with E-state index in [2.05, 4.69) is 10.6 Å². The Hall–Kier alpha value is -2.50. The summed E-state index contributed by atoms with van der Waals surface area (Å²) < 4.78 is 73.1. The van der Waals surface area contributed by atoms with Crippen LogP contribution in [0.15, 0.2) is 47.5 Å². The van der Waals surface area contributed by atoms with Crippen LogP contribution in [0.2, 0.25) is 0 Å². The van der Waals surface area contributed by atoms with Gasteiger partial charge in [-0.25, -0.2) is 13.8 Å². The predicted octanol–water partition coefficient (Wildman–Crippen LogP) is 4.77. The molecule has 2 heterocycles. The summed E-state index contributed by atoms with van der Waals surface area (Å²) in [5.41, 5.74) is -0.910. The average Bonchev–Trinajstić information content (AvgIpc) is 2.80. The molecule has 11 heteroatoms. The van der Waals surface area contributed by atoms with Gasteiger partial charge in [0.1, 0.15) is 17.2 Å². The molecular formula is C24H24F5N3O2S. The fourth-order valence-corrected chi connectivity index (χ4v) is 5.52. The molecule has 1 saturated heterocycles. The molecule has 0 aromatic heterocycles. The van der Waals surface area contributed by atoms with Crippen LogP contribution in [0, 0.1) is 17.6 Å². The lowest BCUT2D eigenvalue weighted by molar-refractivity contribution is -0.125. The van der Waals surface area contributed by atoms with Gasteiger partial charge >= 0.3 is 6.18 Å². The summed E-state index contributed by atoms with van der Waals surface area (Å²) in [7, 11) is 0. The molecule has 188 valence electrons. The summed E-state index contributed by atoms with van der Waals surface area (Å²) >= 11 is 1.33. The zero-order chi connectivity index (χ0) is 25.2. The van der Waals surface area contributed by atoms with Crippen molar-refractivity contribution in [3.63, 3.8) is 0 Å². The van der Waals surface area contributed by atoms with Gasteiger partial charge in [-0.3, -0.25) is 4.79 Å². The minimum Gasteiger partial charge on any atom is -0.376 e. The number of nitrogens with zero attached hydrogens (tertiary/aromatic N) is 1. The van der Waals surface area contributed by atoms with Gasteiger partial charge in [-0.1, -0.05) is 30.0 Å². The minimum atomic E-state index is -4.47. The molecule has 0 radical (unpaired) electrons. The monoisotopic (exact) mass is 513 g/mol. The lowest BCUT2D eigenvalue weighted by Crippen LogP contribution is -2.51. The number of aliphatic imine (C=N–C) groups is 1. The first-order chi connectivity index (χ1) is 16.6. The standard InChI is InChI=1S/C24H24F5N3O2S/c1-14-7-17-11-35-22(31-21(33)15-5-3-2-4-6-15)32-23(17,13-34-14)18-8-16(19(25)9-20(18)26)10-30-12-24(27,28)29/h2-6,8-9,14,17,30H,7,10-13H2,1H3,(H,31,32,33)/t14-,17-,23-/m0/s1. The Morgan fingerprint density at radius 1 is 1.20 bits per heavy atom. The molecule has 0 aliphatic carbocycles. The molecule has 4 rings (SSSR count). The van der Waals surface area contributed by atoms with E-state index < -0.39 is 36.4 Å². The Kier molecular flexibility index (Phi) is 7.48. The maximum Gasteiger partial charge on any atom is 0.401 e. The number of nitrogens with one attached hydrogen (secondary N) is 2. The third-order valence-electron chi connectivity index (χ3n) is 6.10. The second kappa shape index (κ2) is 10.2. The zero-order valence-corrected chi connectivity index (χ0v) is 19.6. The molecule has 1 amide bonds. The Morgan fingerprint density at radius 3 is 2.66 bits per heavy atom.